The largest absolute Gasteiger partial charge is 0.310 e. The maximum absolute atomic E-state index is 5.14. The molecule has 5 nitrogen and oxygen atoms in total. The normalized spacial score (nSPS) is 11.3. The average molecular weight is 658 g/mol. The standard InChI is InChI=1S/C46H35N5/c1-32-15-13-16-33(2)45(32)43-31-48-46-41-30-38(26-27-39(41)40-23-9-10-24-42(40)51(43)46)49(34-17-5-3-6-18-34)36-21-14-22-37(29-36)50(35-19-7-4-8-20-35)44-25-11-12-28-47-44/h3-31H,1-2H3. The van der Waals surface area contributed by atoms with Gasteiger partial charge < -0.3 is 4.90 Å². The van der Waals surface area contributed by atoms with Crippen LogP contribution in [0.15, 0.2) is 176 Å². The van der Waals surface area contributed by atoms with E-state index in [9.17, 15) is 0 Å². The second kappa shape index (κ2) is 12.6. The number of pyridine rings is 2. The highest BCUT2D eigenvalue weighted by Gasteiger charge is 2.21. The molecule has 0 N–H and O–H groups in total. The van der Waals surface area contributed by atoms with Crippen molar-refractivity contribution < 1.29 is 0 Å². The van der Waals surface area contributed by atoms with E-state index in [2.05, 4.69) is 168 Å². The highest BCUT2D eigenvalue weighted by molar-refractivity contribution is 6.13. The molecule has 0 bridgehead atoms. The van der Waals surface area contributed by atoms with Crippen LogP contribution in [0.1, 0.15) is 11.1 Å². The van der Waals surface area contributed by atoms with Crippen molar-refractivity contribution in [2.75, 3.05) is 9.80 Å². The smallest absolute Gasteiger partial charge is 0.145 e. The molecule has 9 aromatic rings. The zero-order chi connectivity index (χ0) is 34.3. The molecule has 0 aliphatic heterocycles. The molecule has 9 rings (SSSR count). The SMILES string of the molecule is Cc1cccc(C)c1-c1cnc2c3cc(N(c4ccccc4)c4cccc(N(c5ccccc5)c5ccccn5)c4)ccc3c3ccccc3n12. The Bertz CT molecular complexity index is 2610. The molecule has 0 saturated carbocycles. The Labute approximate surface area is 297 Å². The van der Waals surface area contributed by atoms with Crippen molar-refractivity contribution in [3.63, 3.8) is 0 Å². The summed E-state index contributed by atoms with van der Waals surface area (Å²) in [6.45, 7) is 4.36. The maximum Gasteiger partial charge on any atom is 0.145 e. The number of imidazole rings is 1. The Morgan fingerprint density at radius 3 is 1.78 bits per heavy atom. The van der Waals surface area contributed by atoms with Gasteiger partial charge in [0, 0.05) is 51.0 Å². The molecule has 6 aromatic carbocycles. The van der Waals surface area contributed by atoms with Gasteiger partial charge in [0.2, 0.25) is 0 Å². The Morgan fingerprint density at radius 2 is 1.06 bits per heavy atom. The van der Waals surface area contributed by atoms with Crippen molar-refractivity contribution >= 4 is 61.6 Å². The molecule has 244 valence electrons. The van der Waals surface area contributed by atoms with E-state index in [1.54, 1.807) is 0 Å². The van der Waals surface area contributed by atoms with Gasteiger partial charge in [0.25, 0.3) is 0 Å². The number of fused-ring (bicyclic) bond motifs is 6. The van der Waals surface area contributed by atoms with Crippen molar-refractivity contribution in [3.8, 4) is 11.3 Å². The number of aromatic nitrogens is 3. The molecule has 5 heteroatoms. The molecule has 0 radical (unpaired) electrons. The summed E-state index contributed by atoms with van der Waals surface area (Å²) >= 11 is 0. The van der Waals surface area contributed by atoms with Crippen LogP contribution < -0.4 is 9.80 Å². The lowest BCUT2D eigenvalue weighted by Gasteiger charge is -2.29. The third-order valence-corrected chi connectivity index (χ3v) is 9.69. The van der Waals surface area contributed by atoms with E-state index in [0.717, 1.165) is 56.5 Å². The molecule has 0 unspecified atom stereocenters. The molecule has 0 saturated heterocycles. The molecule has 0 amide bonds. The summed E-state index contributed by atoms with van der Waals surface area (Å²) in [7, 11) is 0. The summed E-state index contributed by atoms with van der Waals surface area (Å²) < 4.78 is 2.34. The minimum atomic E-state index is 0.853. The predicted octanol–water partition coefficient (Wildman–Crippen LogP) is 12.3. The van der Waals surface area contributed by atoms with Crippen molar-refractivity contribution in [2.24, 2.45) is 0 Å². The molecule has 3 heterocycles. The number of hydrogen-bond donors (Lipinski definition) is 0. The Hall–Kier alpha value is -6.72. The summed E-state index contributed by atoms with van der Waals surface area (Å²) in [5.41, 5.74) is 12.1. The van der Waals surface area contributed by atoms with Gasteiger partial charge in [-0.05, 0) is 103 Å². The van der Waals surface area contributed by atoms with Crippen molar-refractivity contribution in [2.45, 2.75) is 13.8 Å². The van der Waals surface area contributed by atoms with Crippen LogP contribution in [0.2, 0.25) is 0 Å². The first-order valence-electron chi connectivity index (χ1n) is 17.3. The fourth-order valence-corrected chi connectivity index (χ4v) is 7.44. The van der Waals surface area contributed by atoms with Crippen LogP contribution in [0.5, 0.6) is 0 Å². The highest BCUT2D eigenvalue weighted by Crippen LogP contribution is 2.42. The Kier molecular flexibility index (Phi) is 7.51. The van der Waals surface area contributed by atoms with Gasteiger partial charge in [0.1, 0.15) is 11.5 Å². The first-order chi connectivity index (χ1) is 25.2. The minimum absolute atomic E-state index is 0.853. The van der Waals surface area contributed by atoms with E-state index in [0.29, 0.717) is 0 Å². The average Bonchev–Trinajstić information content (AvgIpc) is 3.62. The van der Waals surface area contributed by atoms with E-state index in [1.807, 2.05) is 36.7 Å². The van der Waals surface area contributed by atoms with Gasteiger partial charge in [0.15, 0.2) is 0 Å². The first-order valence-corrected chi connectivity index (χ1v) is 17.3. The second-order valence-electron chi connectivity index (χ2n) is 12.9. The molecule has 0 spiro atoms. The van der Waals surface area contributed by atoms with E-state index in [-0.39, 0.29) is 0 Å². The van der Waals surface area contributed by atoms with Gasteiger partial charge in [-0.3, -0.25) is 9.30 Å². The first kappa shape index (κ1) is 30.3. The van der Waals surface area contributed by atoms with E-state index in [1.165, 1.54) is 27.5 Å². The van der Waals surface area contributed by atoms with Gasteiger partial charge in [-0.25, -0.2) is 9.97 Å². The third kappa shape index (κ3) is 5.27. The van der Waals surface area contributed by atoms with Crippen LogP contribution in [0.25, 0.3) is 38.6 Å². The van der Waals surface area contributed by atoms with Crippen LogP contribution >= 0.6 is 0 Å². The summed E-state index contributed by atoms with van der Waals surface area (Å²) in [4.78, 5) is 14.4. The predicted molar refractivity (Wildman–Crippen MR) is 212 cm³/mol. The number of anilines is 6. The number of benzene rings is 6. The van der Waals surface area contributed by atoms with Crippen LogP contribution in [-0.2, 0) is 0 Å². The second-order valence-corrected chi connectivity index (χ2v) is 12.9. The summed E-state index contributed by atoms with van der Waals surface area (Å²) in [6, 6.07) is 57.6. The number of nitrogens with zero attached hydrogens (tertiary/aromatic N) is 5. The summed E-state index contributed by atoms with van der Waals surface area (Å²) in [6.07, 6.45) is 3.88. The van der Waals surface area contributed by atoms with E-state index < -0.39 is 0 Å². The zero-order valence-electron chi connectivity index (χ0n) is 28.5. The lowest BCUT2D eigenvalue weighted by molar-refractivity contribution is 1.17. The van der Waals surface area contributed by atoms with E-state index in [4.69, 9.17) is 9.97 Å². The topological polar surface area (TPSA) is 36.7 Å². The molecule has 3 aromatic heterocycles. The molecular formula is C46H35N5. The molecular weight excluding hydrogens is 623 g/mol. The zero-order valence-corrected chi connectivity index (χ0v) is 28.5. The number of aryl methyl sites for hydroxylation is 2. The number of rotatable bonds is 7. The van der Waals surface area contributed by atoms with Crippen LogP contribution in [-0.4, -0.2) is 14.4 Å². The summed E-state index contributed by atoms with van der Waals surface area (Å²) in [5.74, 6) is 0.853. The van der Waals surface area contributed by atoms with Crippen LogP contribution in [0.4, 0.5) is 34.3 Å². The van der Waals surface area contributed by atoms with Crippen molar-refractivity contribution in [1.29, 1.82) is 0 Å². The maximum atomic E-state index is 5.14. The minimum Gasteiger partial charge on any atom is -0.310 e. The fraction of sp³-hybridized carbons (Fsp3) is 0.0435. The van der Waals surface area contributed by atoms with Gasteiger partial charge in [0.05, 0.1) is 17.4 Å². The van der Waals surface area contributed by atoms with E-state index >= 15 is 0 Å². The van der Waals surface area contributed by atoms with Crippen molar-refractivity contribution in [1.82, 2.24) is 14.4 Å². The van der Waals surface area contributed by atoms with Gasteiger partial charge in [-0.15, -0.1) is 0 Å². The van der Waals surface area contributed by atoms with Crippen molar-refractivity contribution in [3.05, 3.63) is 187 Å². The van der Waals surface area contributed by atoms with Crippen LogP contribution in [0, 0.1) is 13.8 Å². The lowest BCUT2D eigenvalue weighted by Crippen LogP contribution is -2.14. The highest BCUT2D eigenvalue weighted by atomic mass is 15.2. The van der Waals surface area contributed by atoms with Gasteiger partial charge in [-0.1, -0.05) is 91.0 Å². The molecule has 0 aliphatic rings. The quantitative estimate of drug-likeness (QED) is 0.160. The fourth-order valence-electron chi connectivity index (χ4n) is 7.44. The molecule has 0 atom stereocenters. The molecule has 0 fully saturated rings. The Balaban J connectivity index is 1.27. The van der Waals surface area contributed by atoms with Gasteiger partial charge >= 0.3 is 0 Å². The number of para-hydroxylation sites is 3. The monoisotopic (exact) mass is 657 g/mol. The van der Waals surface area contributed by atoms with Gasteiger partial charge in [-0.2, -0.15) is 0 Å². The summed E-state index contributed by atoms with van der Waals surface area (Å²) in [5, 5.41) is 3.46. The van der Waals surface area contributed by atoms with Crippen LogP contribution in [0.3, 0.4) is 0 Å². The third-order valence-electron chi connectivity index (χ3n) is 9.69. The lowest BCUT2D eigenvalue weighted by atomic mass is 10.00. The number of hydrogen-bond acceptors (Lipinski definition) is 4. The Morgan fingerprint density at radius 1 is 0.451 bits per heavy atom. The molecule has 0 aliphatic carbocycles. The molecule has 51 heavy (non-hydrogen) atoms.